The first kappa shape index (κ1) is 21.9. The van der Waals surface area contributed by atoms with Crippen LogP contribution < -0.4 is 10.0 Å². The first-order valence-electron chi connectivity index (χ1n) is 8.41. The Balaban J connectivity index is 1.78. The Morgan fingerprint density at radius 1 is 1.07 bits per heavy atom. The zero-order chi connectivity index (χ0) is 20.7. The molecule has 7 nitrogen and oxygen atoms in total. The maximum absolute atomic E-state index is 12.2. The van der Waals surface area contributed by atoms with Crippen LogP contribution in [-0.2, 0) is 30.9 Å². The van der Waals surface area contributed by atoms with Gasteiger partial charge in [0.1, 0.15) is 6.54 Å². The van der Waals surface area contributed by atoms with E-state index >= 15 is 0 Å². The van der Waals surface area contributed by atoms with Gasteiger partial charge >= 0.3 is 5.97 Å². The number of aryl methyl sites for hydroxylation is 2. The van der Waals surface area contributed by atoms with E-state index in [2.05, 4.69) is 10.0 Å². The van der Waals surface area contributed by atoms with Gasteiger partial charge in [-0.3, -0.25) is 9.59 Å². The van der Waals surface area contributed by atoms with Gasteiger partial charge in [-0.1, -0.05) is 35.9 Å². The van der Waals surface area contributed by atoms with Gasteiger partial charge in [0.2, 0.25) is 10.0 Å². The summed E-state index contributed by atoms with van der Waals surface area (Å²) in [5.41, 5.74) is 2.51. The molecule has 2 aromatic carbocycles. The van der Waals surface area contributed by atoms with Crippen molar-refractivity contribution < 1.29 is 22.7 Å². The normalized spacial score (nSPS) is 11.1. The van der Waals surface area contributed by atoms with E-state index in [4.69, 9.17) is 16.3 Å². The van der Waals surface area contributed by atoms with Crippen molar-refractivity contribution in [2.45, 2.75) is 25.3 Å². The molecule has 2 N–H and O–H groups in total. The van der Waals surface area contributed by atoms with E-state index in [-0.39, 0.29) is 11.4 Å². The van der Waals surface area contributed by atoms with Crippen LogP contribution in [0.3, 0.4) is 0 Å². The molecule has 2 rings (SSSR count). The van der Waals surface area contributed by atoms with Crippen LogP contribution in [0.25, 0.3) is 0 Å². The second-order valence-corrected chi connectivity index (χ2v) is 8.27. The molecule has 0 saturated heterocycles. The molecule has 1 amide bonds. The van der Waals surface area contributed by atoms with Gasteiger partial charge < -0.3 is 10.1 Å². The zero-order valence-corrected chi connectivity index (χ0v) is 17.1. The number of hydrogen-bond donors (Lipinski definition) is 2. The molecule has 0 atom stereocenters. The average Bonchev–Trinajstić information content (AvgIpc) is 2.66. The average molecular weight is 425 g/mol. The summed E-state index contributed by atoms with van der Waals surface area (Å²) in [5.74, 6) is -1.38. The van der Waals surface area contributed by atoms with Crippen LogP contribution in [-0.4, -0.2) is 33.4 Å². The van der Waals surface area contributed by atoms with Gasteiger partial charge in [-0.2, -0.15) is 4.72 Å². The monoisotopic (exact) mass is 424 g/mol. The van der Waals surface area contributed by atoms with Crippen LogP contribution in [0.15, 0.2) is 47.4 Å². The molecule has 0 spiro atoms. The molecule has 0 aliphatic heterocycles. The minimum absolute atomic E-state index is 0.0564. The lowest BCUT2D eigenvalue weighted by Crippen LogP contribution is -2.33. The van der Waals surface area contributed by atoms with E-state index in [0.717, 1.165) is 16.7 Å². The standard InChI is InChI=1S/C19H21ClN2O5S/c1-13-7-8-16(9-14(13)2)28(25,26)22-11-19(24)27-12-18(23)21-10-15-5-3-4-6-17(15)20/h3-9,22H,10-12H2,1-2H3,(H,21,23). The fourth-order valence-corrected chi connectivity index (χ4v) is 3.46. The molecule has 9 heteroatoms. The molecule has 0 bridgehead atoms. The van der Waals surface area contributed by atoms with E-state index in [1.807, 2.05) is 6.92 Å². The summed E-state index contributed by atoms with van der Waals surface area (Å²) >= 11 is 5.99. The zero-order valence-electron chi connectivity index (χ0n) is 15.5. The van der Waals surface area contributed by atoms with Crippen LogP contribution in [0.2, 0.25) is 5.02 Å². The third-order valence-corrected chi connectivity index (χ3v) is 5.76. The second kappa shape index (κ2) is 9.68. The fraction of sp³-hybridized carbons (Fsp3) is 0.263. The Hall–Kier alpha value is -2.42. The molecule has 0 heterocycles. The topological polar surface area (TPSA) is 102 Å². The largest absolute Gasteiger partial charge is 0.455 e. The molecule has 0 fully saturated rings. The molecule has 0 aromatic heterocycles. The number of nitrogens with one attached hydrogen (secondary N) is 2. The van der Waals surface area contributed by atoms with Crippen molar-refractivity contribution in [3.05, 3.63) is 64.2 Å². The maximum Gasteiger partial charge on any atom is 0.321 e. The summed E-state index contributed by atoms with van der Waals surface area (Å²) in [5, 5.41) is 3.08. The second-order valence-electron chi connectivity index (χ2n) is 6.10. The highest BCUT2D eigenvalue weighted by Gasteiger charge is 2.17. The number of hydrogen-bond acceptors (Lipinski definition) is 5. The van der Waals surface area contributed by atoms with Crippen molar-refractivity contribution in [2.24, 2.45) is 0 Å². The van der Waals surface area contributed by atoms with Gasteiger partial charge in [-0.15, -0.1) is 0 Å². The molecule has 0 unspecified atom stereocenters. The summed E-state index contributed by atoms with van der Waals surface area (Å²) in [6, 6.07) is 11.7. The lowest BCUT2D eigenvalue weighted by molar-refractivity contribution is -0.147. The van der Waals surface area contributed by atoms with Gasteiger partial charge in [-0.25, -0.2) is 8.42 Å². The van der Waals surface area contributed by atoms with Crippen molar-refractivity contribution in [3.63, 3.8) is 0 Å². The summed E-state index contributed by atoms with van der Waals surface area (Å²) < 4.78 is 31.4. The van der Waals surface area contributed by atoms with Crippen LogP contribution >= 0.6 is 11.6 Å². The summed E-state index contributed by atoms with van der Waals surface area (Å²) in [4.78, 5) is 23.5. The van der Waals surface area contributed by atoms with Crippen LogP contribution in [0.4, 0.5) is 0 Å². The van der Waals surface area contributed by atoms with Crippen LogP contribution in [0.1, 0.15) is 16.7 Å². The molecule has 2 aromatic rings. The van der Waals surface area contributed by atoms with Crippen LogP contribution in [0.5, 0.6) is 0 Å². The van der Waals surface area contributed by atoms with Crippen molar-refractivity contribution in [1.82, 2.24) is 10.0 Å². The highest BCUT2D eigenvalue weighted by Crippen LogP contribution is 2.15. The van der Waals surface area contributed by atoms with E-state index in [1.165, 1.54) is 12.1 Å². The number of ether oxygens (including phenoxy) is 1. The molecule has 0 aliphatic rings. The van der Waals surface area contributed by atoms with Gasteiger partial charge in [-0.05, 0) is 48.7 Å². The fourth-order valence-electron chi connectivity index (χ4n) is 2.20. The van der Waals surface area contributed by atoms with E-state index in [0.29, 0.717) is 5.02 Å². The van der Waals surface area contributed by atoms with Crippen molar-refractivity contribution in [1.29, 1.82) is 0 Å². The number of benzene rings is 2. The molecular formula is C19H21ClN2O5S. The third kappa shape index (κ3) is 6.33. The maximum atomic E-state index is 12.2. The summed E-state index contributed by atoms with van der Waals surface area (Å²) in [7, 11) is -3.85. The highest BCUT2D eigenvalue weighted by atomic mass is 35.5. The van der Waals surface area contributed by atoms with Crippen molar-refractivity contribution in [2.75, 3.05) is 13.2 Å². The molecule has 150 valence electrons. The number of carbonyl (C=O) groups is 2. The Kier molecular flexibility index (Phi) is 7.56. The quantitative estimate of drug-likeness (QED) is 0.632. The van der Waals surface area contributed by atoms with E-state index in [1.54, 1.807) is 37.3 Å². The Labute approximate surface area is 169 Å². The van der Waals surface area contributed by atoms with Gasteiger partial charge in [0, 0.05) is 11.6 Å². The van der Waals surface area contributed by atoms with E-state index in [9.17, 15) is 18.0 Å². The SMILES string of the molecule is Cc1ccc(S(=O)(=O)NCC(=O)OCC(=O)NCc2ccccc2Cl)cc1C. The van der Waals surface area contributed by atoms with Gasteiger partial charge in [0.05, 0.1) is 4.90 Å². The Morgan fingerprint density at radius 3 is 2.46 bits per heavy atom. The lowest BCUT2D eigenvalue weighted by Gasteiger charge is -2.10. The molecule has 0 radical (unpaired) electrons. The number of sulfonamides is 1. The van der Waals surface area contributed by atoms with E-state index < -0.39 is 35.1 Å². The lowest BCUT2D eigenvalue weighted by atomic mass is 10.1. The first-order chi connectivity index (χ1) is 13.2. The smallest absolute Gasteiger partial charge is 0.321 e. The predicted molar refractivity (Wildman–Crippen MR) is 105 cm³/mol. The Morgan fingerprint density at radius 2 is 1.79 bits per heavy atom. The van der Waals surface area contributed by atoms with Gasteiger partial charge in [0.15, 0.2) is 6.61 Å². The van der Waals surface area contributed by atoms with Crippen molar-refractivity contribution in [3.8, 4) is 0 Å². The number of amides is 1. The minimum atomic E-state index is -3.85. The highest BCUT2D eigenvalue weighted by molar-refractivity contribution is 7.89. The molecular weight excluding hydrogens is 404 g/mol. The minimum Gasteiger partial charge on any atom is -0.455 e. The molecule has 28 heavy (non-hydrogen) atoms. The molecule has 0 saturated carbocycles. The number of esters is 1. The first-order valence-corrected chi connectivity index (χ1v) is 10.3. The number of rotatable bonds is 8. The number of halogens is 1. The Bertz CT molecular complexity index is 976. The third-order valence-electron chi connectivity index (χ3n) is 3.99. The summed E-state index contributed by atoms with van der Waals surface area (Å²) in [6.07, 6.45) is 0. The summed E-state index contributed by atoms with van der Waals surface area (Å²) in [6.45, 7) is 2.76. The van der Waals surface area contributed by atoms with Crippen molar-refractivity contribution >= 4 is 33.5 Å². The van der Waals surface area contributed by atoms with Gasteiger partial charge in [0.25, 0.3) is 5.91 Å². The number of carbonyl (C=O) groups excluding carboxylic acids is 2. The molecule has 0 aliphatic carbocycles. The predicted octanol–water partition coefficient (Wildman–Crippen LogP) is 2.09. The van der Waals surface area contributed by atoms with Crippen LogP contribution in [0, 0.1) is 13.8 Å².